The van der Waals surface area contributed by atoms with Gasteiger partial charge >= 0.3 is 0 Å². The van der Waals surface area contributed by atoms with Gasteiger partial charge in [-0.05, 0) is 69.3 Å². The standard InChI is InChI=1S/C23H31N3O2/c1-15-8-10-26(11-9-15)14-20-7-5-6-19(12-20)13-24-23(28)22-16(2)21(18(4)27)17(3)25-22/h5-7,12,15,25H,8-11,13-14H2,1-4H3,(H,24,28). The summed E-state index contributed by atoms with van der Waals surface area (Å²) in [6.45, 7) is 11.2. The van der Waals surface area contributed by atoms with Crippen molar-refractivity contribution >= 4 is 11.7 Å². The number of nitrogens with one attached hydrogen (secondary N) is 2. The molecular formula is C23H31N3O2. The molecule has 1 fully saturated rings. The fraction of sp³-hybridized carbons (Fsp3) is 0.478. The van der Waals surface area contributed by atoms with Gasteiger partial charge in [0.2, 0.25) is 0 Å². The van der Waals surface area contributed by atoms with Gasteiger partial charge in [-0.1, -0.05) is 31.2 Å². The summed E-state index contributed by atoms with van der Waals surface area (Å²) in [5.74, 6) is 0.634. The first kappa shape index (κ1) is 20.3. The maximum atomic E-state index is 12.6. The zero-order valence-corrected chi connectivity index (χ0v) is 17.4. The van der Waals surface area contributed by atoms with Crippen LogP contribution in [0.3, 0.4) is 0 Å². The van der Waals surface area contributed by atoms with Crippen molar-refractivity contribution in [2.45, 2.75) is 53.6 Å². The number of carbonyl (C=O) groups is 2. The third-order valence-corrected chi connectivity index (χ3v) is 5.74. The molecule has 1 saturated heterocycles. The van der Waals surface area contributed by atoms with Gasteiger partial charge in [0.05, 0.1) is 0 Å². The van der Waals surface area contributed by atoms with Crippen molar-refractivity contribution in [3.05, 3.63) is 57.9 Å². The van der Waals surface area contributed by atoms with E-state index < -0.39 is 0 Å². The van der Waals surface area contributed by atoms with Crippen molar-refractivity contribution in [3.63, 3.8) is 0 Å². The Morgan fingerprint density at radius 3 is 2.50 bits per heavy atom. The molecule has 0 unspecified atom stereocenters. The predicted molar refractivity (Wildman–Crippen MR) is 112 cm³/mol. The van der Waals surface area contributed by atoms with Crippen LogP contribution < -0.4 is 5.32 Å². The number of amides is 1. The van der Waals surface area contributed by atoms with E-state index in [1.165, 1.54) is 25.3 Å². The van der Waals surface area contributed by atoms with Crippen LogP contribution in [0, 0.1) is 19.8 Å². The van der Waals surface area contributed by atoms with Crippen molar-refractivity contribution in [3.8, 4) is 0 Å². The number of likely N-dealkylation sites (tertiary alicyclic amines) is 1. The zero-order chi connectivity index (χ0) is 20.3. The molecule has 1 aromatic carbocycles. The van der Waals surface area contributed by atoms with Crippen molar-refractivity contribution in [2.75, 3.05) is 13.1 Å². The van der Waals surface area contributed by atoms with E-state index in [1.807, 2.05) is 19.9 Å². The lowest BCUT2D eigenvalue weighted by Gasteiger charge is -2.30. The van der Waals surface area contributed by atoms with E-state index >= 15 is 0 Å². The van der Waals surface area contributed by atoms with Gasteiger partial charge in [0, 0.05) is 24.3 Å². The highest BCUT2D eigenvalue weighted by molar-refractivity contribution is 6.02. The zero-order valence-electron chi connectivity index (χ0n) is 17.4. The summed E-state index contributed by atoms with van der Waals surface area (Å²) in [7, 11) is 0. The number of H-pyrrole nitrogens is 1. The van der Waals surface area contributed by atoms with E-state index in [-0.39, 0.29) is 11.7 Å². The van der Waals surface area contributed by atoms with Gasteiger partial charge in [0.15, 0.2) is 5.78 Å². The fourth-order valence-corrected chi connectivity index (χ4v) is 4.09. The summed E-state index contributed by atoms with van der Waals surface area (Å²) in [5.41, 5.74) is 4.92. The molecule has 0 saturated carbocycles. The highest BCUT2D eigenvalue weighted by Gasteiger charge is 2.20. The number of hydrogen-bond acceptors (Lipinski definition) is 3. The van der Waals surface area contributed by atoms with E-state index in [0.29, 0.717) is 17.8 Å². The molecule has 0 radical (unpaired) electrons. The van der Waals surface area contributed by atoms with Crippen molar-refractivity contribution < 1.29 is 9.59 Å². The predicted octanol–water partition coefficient (Wildman–Crippen LogP) is 4.00. The van der Waals surface area contributed by atoms with Crippen LogP contribution in [0.15, 0.2) is 24.3 Å². The Morgan fingerprint density at radius 2 is 1.86 bits per heavy atom. The van der Waals surface area contributed by atoms with Gasteiger partial charge in [-0.15, -0.1) is 0 Å². The van der Waals surface area contributed by atoms with E-state index in [4.69, 9.17) is 0 Å². The Morgan fingerprint density at radius 1 is 1.18 bits per heavy atom. The number of hydrogen-bond donors (Lipinski definition) is 2. The maximum Gasteiger partial charge on any atom is 0.268 e. The van der Waals surface area contributed by atoms with Gasteiger partial charge in [-0.3, -0.25) is 14.5 Å². The number of Topliss-reactive ketones (excluding diaryl/α,β-unsaturated/α-hetero) is 1. The van der Waals surface area contributed by atoms with Crippen LogP contribution >= 0.6 is 0 Å². The first-order valence-corrected chi connectivity index (χ1v) is 10.1. The number of ketones is 1. The van der Waals surface area contributed by atoms with Gasteiger partial charge in [-0.2, -0.15) is 0 Å². The van der Waals surface area contributed by atoms with Gasteiger partial charge in [-0.25, -0.2) is 0 Å². The minimum absolute atomic E-state index is 0.0230. The first-order chi connectivity index (χ1) is 13.3. The Bertz CT molecular complexity index is 861. The lowest BCUT2D eigenvalue weighted by Crippen LogP contribution is -2.32. The molecule has 0 atom stereocenters. The number of aromatic nitrogens is 1. The monoisotopic (exact) mass is 381 g/mol. The molecule has 1 aliphatic rings. The molecular weight excluding hydrogens is 350 g/mol. The molecule has 2 aromatic rings. The number of nitrogens with zero attached hydrogens (tertiary/aromatic N) is 1. The number of carbonyl (C=O) groups excluding carboxylic acids is 2. The number of piperidine rings is 1. The molecule has 5 nitrogen and oxygen atoms in total. The van der Waals surface area contributed by atoms with Crippen LogP contribution in [0.4, 0.5) is 0 Å². The van der Waals surface area contributed by atoms with Crippen molar-refractivity contribution in [1.82, 2.24) is 15.2 Å². The second-order valence-electron chi connectivity index (χ2n) is 8.14. The molecule has 0 aliphatic carbocycles. The lowest BCUT2D eigenvalue weighted by molar-refractivity contribution is 0.0945. The molecule has 2 heterocycles. The van der Waals surface area contributed by atoms with E-state index in [9.17, 15) is 9.59 Å². The molecule has 0 bridgehead atoms. The third-order valence-electron chi connectivity index (χ3n) is 5.74. The van der Waals surface area contributed by atoms with Crippen LogP contribution in [-0.2, 0) is 13.1 Å². The summed E-state index contributed by atoms with van der Waals surface area (Å²) in [6, 6.07) is 8.42. The fourth-order valence-electron chi connectivity index (χ4n) is 4.09. The summed E-state index contributed by atoms with van der Waals surface area (Å²) in [6.07, 6.45) is 2.54. The highest BCUT2D eigenvalue weighted by Crippen LogP contribution is 2.20. The first-order valence-electron chi connectivity index (χ1n) is 10.1. The minimum atomic E-state index is -0.177. The molecule has 5 heteroatoms. The van der Waals surface area contributed by atoms with Gasteiger partial charge in [0.25, 0.3) is 5.91 Å². The van der Waals surface area contributed by atoms with Crippen molar-refractivity contribution in [2.24, 2.45) is 5.92 Å². The second-order valence-corrected chi connectivity index (χ2v) is 8.14. The van der Waals surface area contributed by atoms with Gasteiger partial charge in [0.1, 0.15) is 5.69 Å². The Balaban J connectivity index is 1.61. The number of rotatable bonds is 6. The Kier molecular flexibility index (Phi) is 6.35. The largest absolute Gasteiger partial charge is 0.354 e. The van der Waals surface area contributed by atoms with Crippen LogP contribution in [0.1, 0.15) is 69.9 Å². The average Bonchev–Trinajstić information content (AvgIpc) is 2.96. The van der Waals surface area contributed by atoms with E-state index in [0.717, 1.165) is 42.4 Å². The smallest absolute Gasteiger partial charge is 0.268 e. The average molecular weight is 382 g/mol. The summed E-state index contributed by atoms with van der Waals surface area (Å²) in [5, 5.41) is 2.98. The number of aromatic amines is 1. The van der Waals surface area contributed by atoms with Gasteiger partial charge < -0.3 is 10.3 Å². The summed E-state index contributed by atoms with van der Waals surface area (Å²) >= 11 is 0. The van der Waals surface area contributed by atoms with Crippen LogP contribution in [0.25, 0.3) is 0 Å². The van der Waals surface area contributed by atoms with Crippen molar-refractivity contribution in [1.29, 1.82) is 0 Å². The molecule has 1 aliphatic heterocycles. The summed E-state index contributed by atoms with van der Waals surface area (Å²) in [4.78, 5) is 29.9. The Hall–Kier alpha value is -2.40. The molecule has 0 spiro atoms. The molecule has 150 valence electrons. The van der Waals surface area contributed by atoms with Crippen LogP contribution in [0.2, 0.25) is 0 Å². The highest BCUT2D eigenvalue weighted by atomic mass is 16.2. The third kappa shape index (κ3) is 4.71. The van der Waals surface area contributed by atoms with E-state index in [1.54, 1.807) is 0 Å². The quantitative estimate of drug-likeness (QED) is 0.744. The minimum Gasteiger partial charge on any atom is -0.354 e. The SMILES string of the molecule is CC(=O)c1c(C)[nH]c(C(=O)NCc2cccc(CN3CCC(C)CC3)c2)c1C. The Labute approximate surface area is 167 Å². The number of aryl methyl sites for hydroxylation is 1. The van der Waals surface area contributed by atoms with Crippen LogP contribution in [0.5, 0.6) is 0 Å². The number of benzene rings is 1. The molecule has 2 N–H and O–H groups in total. The molecule has 3 rings (SSSR count). The summed E-state index contributed by atoms with van der Waals surface area (Å²) < 4.78 is 0. The lowest BCUT2D eigenvalue weighted by atomic mass is 9.98. The van der Waals surface area contributed by atoms with E-state index in [2.05, 4.69) is 40.3 Å². The molecule has 28 heavy (non-hydrogen) atoms. The molecule has 1 aromatic heterocycles. The maximum absolute atomic E-state index is 12.6. The topological polar surface area (TPSA) is 65.2 Å². The second kappa shape index (κ2) is 8.74. The normalized spacial score (nSPS) is 15.6. The van der Waals surface area contributed by atoms with Crippen LogP contribution in [-0.4, -0.2) is 34.7 Å². The molecule has 1 amide bonds.